The average Bonchev–Trinajstić information content (AvgIpc) is 3.21. The minimum Gasteiger partial charge on any atom is -0.481 e. The maximum Gasteiger partial charge on any atom is 0.326 e. The fourth-order valence-corrected chi connectivity index (χ4v) is 3.38. The van der Waals surface area contributed by atoms with Gasteiger partial charge in [-0.05, 0) is 24.5 Å². The molecule has 0 aliphatic carbocycles. The molecule has 1 heterocycles. The molecule has 0 spiro atoms. The summed E-state index contributed by atoms with van der Waals surface area (Å²) < 4.78 is 0. The van der Waals surface area contributed by atoms with Crippen LogP contribution in [0.25, 0.3) is 10.9 Å². The van der Waals surface area contributed by atoms with Gasteiger partial charge in [0.25, 0.3) is 0 Å². The molecule has 10 N–H and O–H groups in total. The first-order valence-electron chi connectivity index (χ1n) is 10.9. The predicted octanol–water partition coefficient (Wildman–Crippen LogP) is -2.05. The van der Waals surface area contributed by atoms with Gasteiger partial charge in [-0.3, -0.25) is 24.0 Å². The summed E-state index contributed by atoms with van der Waals surface area (Å²) in [7, 11) is 0. The number of hydrogen-bond acceptors (Lipinski definition) is 7. The molecule has 194 valence electrons. The van der Waals surface area contributed by atoms with Gasteiger partial charge in [0.15, 0.2) is 0 Å². The van der Waals surface area contributed by atoms with Gasteiger partial charge in [-0.2, -0.15) is 0 Å². The minimum absolute atomic E-state index is 0.135. The summed E-state index contributed by atoms with van der Waals surface area (Å²) >= 11 is 0. The molecule has 0 aliphatic heterocycles. The Bertz CT molecular complexity index is 1150. The normalized spacial score (nSPS) is 13.2. The topological polar surface area (TPSA) is 247 Å². The summed E-state index contributed by atoms with van der Waals surface area (Å²) in [6, 6.07) is 3.42. The molecule has 2 aromatic rings. The van der Waals surface area contributed by atoms with E-state index in [-0.39, 0.29) is 12.8 Å². The van der Waals surface area contributed by atoms with E-state index in [0.717, 1.165) is 16.5 Å². The summed E-state index contributed by atoms with van der Waals surface area (Å²) in [5, 5.41) is 25.3. The molecule has 0 saturated carbocycles. The summed E-state index contributed by atoms with van der Waals surface area (Å²) in [6.45, 7) is -0.692. The van der Waals surface area contributed by atoms with Crippen molar-refractivity contribution in [3.05, 3.63) is 36.0 Å². The Hall–Kier alpha value is -4.46. The van der Waals surface area contributed by atoms with Gasteiger partial charge in [-0.15, -0.1) is 0 Å². The molecule has 36 heavy (non-hydrogen) atoms. The van der Waals surface area contributed by atoms with Gasteiger partial charge in [-0.25, -0.2) is 4.79 Å². The van der Waals surface area contributed by atoms with Gasteiger partial charge in [0.2, 0.25) is 23.6 Å². The molecule has 2 rings (SSSR count). The quantitative estimate of drug-likeness (QED) is 0.141. The number of rotatable bonds is 14. The van der Waals surface area contributed by atoms with Gasteiger partial charge < -0.3 is 42.6 Å². The number of nitrogens with one attached hydrogen (secondary N) is 4. The SMILES string of the molecule is NC(=O)CC(NC(=O)C(N)Cc1c[nH]c2ccccc12)C(=O)NCC(=O)NC(CCC(=O)O)C(=O)O. The van der Waals surface area contributed by atoms with Crippen LogP contribution in [-0.2, 0) is 35.2 Å². The minimum atomic E-state index is -1.48. The molecular weight excluding hydrogens is 476 g/mol. The van der Waals surface area contributed by atoms with E-state index in [2.05, 4.69) is 20.9 Å². The molecule has 3 unspecified atom stereocenters. The monoisotopic (exact) mass is 504 g/mol. The van der Waals surface area contributed by atoms with Crippen LogP contribution in [0.5, 0.6) is 0 Å². The summed E-state index contributed by atoms with van der Waals surface area (Å²) in [6.07, 6.45) is 0.421. The lowest BCUT2D eigenvalue weighted by atomic mass is 10.0. The number of para-hydroxylation sites is 1. The van der Waals surface area contributed by atoms with Crippen LogP contribution in [0.15, 0.2) is 30.5 Å². The fourth-order valence-electron chi connectivity index (χ4n) is 3.38. The Morgan fingerprint density at radius 3 is 2.31 bits per heavy atom. The van der Waals surface area contributed by atoms with Crippen LogP contribution < -0.4 is 27.4 Å². The van der Waals surface area contributed by atoms with Crippen LogP contribution in [-0.4, -0.2) is 75.4 Å². The van der Waals surface area contributed by atoms with Gasteiger partial charge in [0.05, 0.1) is 19.0 Å². The van der Waals surface area contributed by atoms with Crippen molar-refractivity contribution in [3.8, 4) is 0 Å². The van der Waals surface area contributed by atoms with Crippen LogP contribution in [0.4, 0.5) is 0 Å². The number of H-pyrrole nitrogens is 1. The number of hydrogen-bond donors (Lipinski definition) is 8. The zero-order valence-electron chi connectivity index (χ0n) is 19.2. The first-order valence-corrected chi connectivity index (χ1v) is 10.9. The molecule has 0 bridgehead atoms. The average molecular weight is 505 g/mol. The van der Waals surface area contributed by atoms with E-state index in [0.29, 0.717) is 0 Å². The van der Waals surface area contributed by atoms with Gasteiger partial charge in [0.1, 0.15) is 12.1 Å². The lowest BCUT2D eigenvalue weighted by molar-refractivity contribution is -0.143. The molecule has 0 fully saturated rings. The molecule has 1 aromatic heterocycles. The Morgan fingerprint density at radius 1 is 0.972 bits per heavy atom. The van der Waals surface area contributed by atoms with Crippen molar-refractivity contribution in [2.75, 3.05) is 6.54 Å². The number of aromatic nitrogens is 1. The highest BCUT2D eigenvalue weighted by atomic mass is 16.4. The van der Waals surface area contributed by atoms with Gasteiger partial charge in [-0.1, -0.05) is 18.2 Å². The van der Waals surface area contributed by atoms with Crippen molar-refractivity contribution in [2.45, 2.75) is 43.8 Å². The van der Waals surface area contributed by atoms with E-state index in [1.807, 2.05) is 24.3 Å². The van der Waals surface area contributed by atoms with Crippen molar-refractivity contribution >= 4 is 46.5 Å². The number of benzene rings is 1. The number of nitrogens with two attached hydrogens (primary N) is 2. The predicted molar refractivity (Wildman–Crippen MR) is 125 cm³/mol. The van der Waals surface area contributed by atoms with E-state index in [1.165, 1.54) is 0 Å². The number of primary amides is 1. The molecule has 14 heteroatoms. The van der Waals surface area contributed by atoms with E-state index >= 15 is 0 Å². The largest absolute Gasteiger partial charge is 0.481 e. The Balaban J connectivity index is 1.95. The number of carbonyl (C=O) groups is 6. The fraction of sp³-hybridized carbons (Fsp3) is 0.364. The number of carboxylic acids is 2. The van der Waals surface area contributed by atoms with Crippen LogP contribution >= 0.6 is 0 Å². The maximum atomic E-state index is 12.6. The Kier molecular flexibility index (Phi) is 9.92. The molecule has 4 amide bonds. The molecular formula is C22H28N6O8. The Morgan fingerprint density at radius 2 is 1.67 bits per heavy atom. The van der Waals surface area contributed by atoms with Crippen molar-refractivity contribution in [2.24, 2.45) is 11.5 Å². The third-order valence-corrected chi connectivity index (χ3v) is 5.19. The van der Waals surface area contributed by atoms with E-state index in [1.54, 1.807) is 6.20 Å². The smallest absolute Gasteiger partial charge is 0.326 e. The highest BCUT2D eigenvalue weighted by molar-refractivity contribution is 5.95. The lowest BCUT2D eigenvalue weighted by Gasteiger charge is -2.20. The molecule has 0 radical (unpaired) electrons. The molecule has 1 aromatic carbocycles. The second-order valence-electron chi connectivity index (χ2n) is 8.01. The van der Waals surface area contributed by atoms with Crippen LogP contribution in [0.1, 0.15) is 24.8 Å². The van der Waals surface area contributed by atoms with E-state index in [9.17, 15) is 28.8 Å². The highest BCUT2D eigenvalue weighted by Crippen LogP contribution is 2.18. The molecule has 0 saturated heterocycles. The second-order valence-corrected chi connectivity index (χ2v) is 8.01. The van der Waals surface area contributed by atoms with Crippen LogP contribution in [0.2, 0.25) is 0 Å². The first-order chi connectivity index (χ1) is 17.0. The standard InChI is InChI=1S/C22H28N6O8/c23-13(7-11-9-25-14-4-2-1-3-12(11)14)20(33)28-16(8-17(24)29)21(34)26-10-18(30)27-15(22(35)36)5-6-19(31)32/h1-4,9,13,15-16,25H,5-8,10,23H2,(H2,24,29)(H,26,34)(H,27,30)(H,28,33)(H,31,32)(H,35,36). The molecule has 0 aliphatic rings. The van der Waals surface area contributed by atoms with E-state index < -0.39 is 73.1 Å². The number of amides is 4. The van der Waals surface area contributed by atoms with Crippen molar-refractivity contribution < 1.29 is 39.0 Å². The van der Waals surface area contributed by atoms with Crippen molar-refractivity contribution in [1.29, 1.82) is 0 Å². The zero-order chi connectivity index (χ0) is 26.8. The Labute approximate surface area is 204 Å². The number of carboxylic acid groups (broad SMARTS) is 2. The summed E-state index contributed by atoms with van der Waals surface area (Å²) in [5.41, 5.74) is 12.8. The molecule has 14 nitrogen and oxygen atoms in total. The number of fused-ring (bicyclic) bond motifs is 1. The third kappa shape index (κ3) is 8.39. The zero-order valence-corrected chi connectivity index (χ0v) is 19.2. The number of aromatic amines is 1. The summed E-state index contributed by atoms with van der Waals surface area (Å²) in [4.78, 5) is 73.4. The number of carbonyl (C=O) groups excluding carboxylic acids is 4. The van der Waals surface area contributed by atoms with Crippen molar-refractivity contribution in [3.63, 3.8) is 0 Å². The number of aliphatic carboxylic acids is 2. The maximum absolute atomic E-state index is 12.6. The lowest BCUT2D eigenvalue weighted by Crippen LogP contribution is -2.54. The summed E-state index contributed by atoms with van der Waals surface area (Å²) in [5.74, 6) is -6.15. The first kappa shape index (κ1) is 27.8. The van der Waals surface area contributed by atoms with Crippen molar-refractivity contribution in [1.82, 2.24) is 20.9 Å². The van der Waals surface area contributed by atoms with E-state index in [4.69, 9.17) is 21.7 Å². The third-order valence-electron chi connectivity index (χ3n) is 5.19. The van der Waals surface area contributed by atoms with Crippen LogP contribution in [0, 0.1) is 0 Å². The van der Waals surface area contributed by atoms with Crippen LogP contribution in [0.3, 0.4) is 0 Å². The van der Waals surface area contributed by atoms with Gasteiger partial charge in [0, 0.05) is 23.5 Å². The van der Waals surface area contributed by atoms with Gasteiger partial charge >= 0.3 is 11.9 Å². The second kappa shape index (κ2) is 12.9. The highest BCUT2D eigenvalue weighted by Gasteiger charge is 2.27. The molecule has 3 atom stereocenters.